The molecule has 17 heavy (non-hydrogen) atoms. The summed E-state index contributed by atoms with van der Waals surface area (Å²) in [6.07, 6.45) is 0. The van der Waals surface area contributed by atoms with Gasteiger partial charge >= 0.3 is 0 Å². The van der Waals surface area contributed by atoms with E-state index in [9.17, 15) is 0 Å². The molecule has 0 aliphatic rings. The highest BCUT2D eigenvalue weighted by Crippen LogP contribution is 2.01. The van der Waals surface area contributed by atoms with Crippen LogP contribution < -0.4 is 21.9 Å². The number of nitrogens with one attached hydrogen (secondary N) is 5. The molecule has 0 atom stereocenters. The number of guanidine groups is 2. The van der Waals surface area contributed by atoms with Gasteiger partial charge in [0.2, 0.25) is 11.9 Å². The second-order valence-corrected chi connectivity index (χ2v) is 3.38. The maximum atomic E-state index is 7.44. The van der Waals surface area contributed by atoms with Crippen LogP contribution in [-0.4, -0.2) is 11.9 Å². The molecule has 0 aliphatic heterocycles. The summed E-state index contributed by atoms with van der Waals surface area (Å²) < 4.78 is 0. The molecule has 0 radical (unpaired) electrons. The van der Waals surface area contributed by atoms with E-state index in [-0.39, 0.29) is 24.3 Å². The Balaban J connectivity index is 0.00000256. The molecule has 0 fully saturated rings. The smallest absolute Gasteiger partial charge is 0.207 e. The van der Waals surface area contributed by atoms with Crippen LogP contribution in [0.4, 0.5) is 0 Å². The monoisotopic (exact) mass is 256 g/mol. The lowest BCUT2D eigenvalue weighted by atomic mass is 10.1. The molecule has 0 aliphatic carbocycles. The van der Waals surface area contributed by atoms with Gasteiger partial charge in [-0.1, -0.05) is 29.8 Å². The van der Waals surface area contributed by atoms with Gasteiger partial charge in [0.05, 0.1) is 0 Å². The summed E-state index contributed by atoms with van der Waals surface area (Å²) in [5.74, 6) is -0.169. The molecule has 1 aromatic rings. The average Bonchev–Trinajstić information content (AvgIpc) is 2.25. The molecule has 7 N–H and O–H groups in total. The quantitative estimate of drug-likeness (QED) is 0.262. The first-order valence-electron chi connectivity index (χ1n) is 4.82. The first kappa shape index (κ1) is 15.0. The first-order valence-corrected chi connectivity index (χ1v) is 4.82. The number of rotatable bonds is 2. The van der Waals surface area contributed by atoms with Gasteiger partial charge in [0.25, 0.3) is 0 Å². The SMILES string of the molecule is Cc1ccc(CNC(=N)NNC(=N)N)cc1.Cl. The number of nitrogens with two attached hydrogens (primary N) is 1. The van der Waals surface area contributed by atoms with Crippen molar-refractivity contribution in [1.29, 1.82) is 10.8 Å². The molecule has 0 amide bonds. The molecule has 6 nitrogen and oxygen atoms in total. The van der Waals surface area contributed by atoms with Crippen LogP contribution in [0.2, 0.25) is 0 Å². The summed E-state index contributed by atoms with van der Waals surface area (Å²) in [6, 6.07) is 8.02. The summed E-state index contributed by atoms with van der Waals surface area (Å²) in [5, 5.41) is 17.2. The van der Waals surface area contributed by atoms with Crippen LogP contribution in [0.15, 0.2) is 24.3 Å². The second kappa shape index (κ2) is 7.34. The largest absolute Gasteiger partial charge is 0.369 e. The molecule has 0 unspecified atom stereocenters. The van der Waals surface area contributed by atoms with E-state index in [0.717, 1.165) is 5.56 Å². The third-order valence-electron chi connectivity index (χ3n) is 1.91. The van der Waals surface area contributed by atoms with Gasteiger partial charge in [-0.05, 0) is 12.5 Å². The Labute approximate surface area is 106 Å². The Kier molecular flexibility index (Phi) is 6.50. The summed E-state index contributed by atoms with van der Waals surface area (Å²) >= 11 is 0. The Hall–Kier alpha value is -1.95. The van der Waals surface area contributed by atoms with Crippen LogP contribution in [0.25, 0.3) is 0 Å². The minimum atomic E-state index is -0.234. The lowest BCUT2D eigenvalue weighted by Crippen LogP contribution is -2.49. The number of hydrazine groups is 1. The molecule has 0 saturated carbocycles. The lowest BCUT2D eigenvalue weighted by molar-refractivity contribution is 0.768. The Morgan fingerprint density at radius 3 is 2.29 bits per heavy atom. The second-order valence-electron chi connectivity index (χ2n) is 3.38. The zero-order valence-electron chi connectivity index (χ0n) is 9.50. The maximum absolute atomic E-state index is 7.44. The van der Waals surface area contributed by atoms with Crippen molar-refractivity contribution in [2.45, 2.75) is 13.5 Å². The van der Waals surface area contributed by atoms with Crippen LogP contribution >= 0.6 is 12.4 Å². The van der Waals surface area contributed by atoms with E-state index < -0.39 is 0 Å². The Morgan fingerprint density at radius 1 is 1.18 bits per heavy atom. The molecule has 1 aromatic carbocycles. The van der Waals surface area contributed by atoms with Gasteiger partial charge in [0.15, 0.2) is 0 Å². The van der Waals surface area contributed by atoms with Crippen molar-refractivity contribution in [2.24, 2.45) is 5.73 Å². The van der Waals surface area contributed by atoms with Gasteiger partial charge in [-0.25, -0.2) is 0 Å². The molecule has 0 spiro atoms. The highest BCUT2D eigenvalue weighted by molar-refractivity contribution is 5.85. The van der Waals surface area contributed by atoms with Crippen LogP contribution in [-0.2, 0) is 6.54 Å². The number of hydrogen-bond acceptors (Lipinski definition) is 2. The van der Waals surface area contributed by atoms with E-state index in [2.05, 4.69) is 16.2 Å². The molecule has 0 heterocycles. The van der Waals surface area contributed by atoms with Crippen molar-refractivity contribution in [2.75, 3.05) is 0 Å². The number of hydrogen-bond donors (Lipinski definition) is 6. The summed E-state index contributed by atoms with van der Waals surface area (Å²) in [5.41, 5.74) is 12.1. The van der Waals surface area contributed by atoms with Crippen molar-refractivity contribution in [1.82, 2.24) is 16.2 Å². The molecule has 1 rings (SSSR count). The molecule has 0 aromatic heterocycles. The van der Waals surface area contributed by atoms with Gasteiger partial charge in [0, 0.05) is 6.54 Å². The van der Waals surface area contributed by atoms with E-state index in [1.165, 1.54) is 5.56 Å². The topological polar surface area (TPSA) is 110 Å². The minimum absolute atomic E-state index is 0. The lowest BCUT2D eigenvalue weighted by Gasteiger charge is -2.10. The minimum Gasteiger partial charge on any atom is -0.369 e. The number of halogens is 1. The van der Waals surface area contributed by atoms with Crippen molar-refractivity contribution in [3.05, 3.63) is 35.4 Å². The number of benzene rings is 1. The molecule has 7 heteroatoms. The van der Waals surface area contributed by atoms with Gasteiger partial charge < -0.3 is 11.1 Å². The number of aryl methyl sites for hydroxylation is 1. The van der Waals surface area contributed by atoms with Crippen molar-refractivity contribution < 1.29 is 0 Å². The van der Waals surface area contributed by atoms with Gasteiger partial charge in [-0.15, -0.1) is 12.4 Å². The summed E-state index contributed by atoms with van der Waals surface area (Å²) in [6.45, 7) is 2.57. The Bertz CT molecular complexity index is 375. The van der Waals surface area contributed by atoms with E-state index >= 15 is 0 Å². The molecular weight excluding hydrogens is 240 g/mol. The summed E-state index contributed by atoms with van der Waals surface area (Å²) in [7, 11) is 0. The molecule has 0 bridgehead atoms. The highest BCUT2D eigenvalue weighted by atomic mass is 35.5. The predicted molar refractivity (Wildman–Crippen MR) is 71.2 cm³/mol. The third kappa shape index (κ3) is 6.26. The maximum Gasteiger partial charge on any atom is 0.207 e. The van der Waals surface area contributed by atoms with Crippen molar-refractivity contribution >= 4 is 24.3 Å². The standard InChI is InChI=1S/C10H16N6.ClH/c1-7-2-4-8(5-3-7)6-14-10(13)16-15-9(11)12;/h2-5H,6H2,1H3,(H4,11,12,15)(H3,13,14,16);1H. The third-order valence-corrected chi connectivity index (χ3v) is 1.91. The predicted octanol–water partition coefficient (Wildman–Crippen LogP) is 0.429. The molecule has 0 saturated heterocycles. The first-order chi connectivity index (χ1) is 7.58. The fourth-order valence-electron chi connectivity index (χ4n) is 1.07. The van der Waals surface area contributed by atoms with Crippen LogP contribution in [0.5, 0.6) is 0 Å². The van der Waals surface area contributed by atoms with Crippen LogP contribution in [0.3, 0.4) is 0 Å². The highest BCUT2D eigenvalue weighted by Gasteiger charge is 1.96. The van der Waals surface area contributed by atoms with Gasteiger partial charge in [-0.3, -0.25) is 21.7 Å². The molecule has 94 valence electrons. The van der Waals surface area contributed by atoms with Gasteiger partial charge in [0.1, 0.15) is 0 Å². The van der Waals surface area contributed by atoms with Crippen molar-refractivity contribution in [3.63, 3.8) is 0 Å². The van der Waals surface area contributed by atoms with Crippen LogP contribution in [0.1, 0.15) is 11.1 Å². The zero-order chi connectivity index (χ0) is 12.0. The van der Waals surface area contributed by atoms with Crippen LogP contribution in [0, 0.1) is 17.7 Å². The summed E-state index contributed by atoms with van der Waals surface area (Å²) in [4.78, 5) is 0. The van der Waals surface area contributed by atoms with E-state index in [1.807, 2.05) is 31.2 Å². The molecular formula is C10H17ClN6. The van der Waals surface area contributed by atoms with E-state index in [0.29, 0.717) is 6.54 Å². The Morgan fingerprint density at radius 2 is 1.76 bits per heavy atom. The zero-order valence-corrected chi connectivity index (χ0v) is 10.3. The van der Waals surface area contributed by atoms with Crippen molar-refractivity contribution in [3.8, 4) is 0 Å². The van der Waals surface area contributed by atoms with Gasteiger partial charge in [-0.2, -0.15) is 0 Å². The fraction of sp³-hybridized carbons (Fsp3) is 0.200. The van der Waals surface area contributed by atoms with E-state index in [1.54, 1.807) is 0 Å². The normalized spacial score (nSPS) is 8.76. The fourth-order valence-corrected chi connectivity index (χ4v) is 1.07. The average molecular weight is 257 g/mol. The van der Waals surface area contributed by atoms with E-state index in [4.69, 9.17) is 16.6 Å².